The quantitative estimate of drug-likeness (QED) is 0.457. The van der Waals surface area contributed by atoms with E-state index in [4.69, 9.17) is 4.74 Å². The summed E-state index contributed by atoms with van der Waals surface area (Å²) in [6.07, 6.45) is 9.19. The van der Waals surface area contributed by atoms with E-state index >= 15 is 0 Å². The molecule has 2 aliphatic heterocycles. The first-order chi connectivity index (χ1) is 6.27. The van der Waals surface area contributed by atoms with Gasteiger partial charge in [-0.1, -0.05) is 13.0 Å². The van der Waals surface area contributed by atoms with Crippen molar-refractivity contribution < 1.29 is 9.53 Å². The molecule has 0 aromatic heterocycles. The molecular weight excluding hydrogens is 164 g/mol. The van der Waals surface area contributed by atoms with Gasteiger partial charge in [-0.2, -0.15) is 0 Å². The Morgan fingerprint density at radius 3 is 3.15 bits per heavy atom. The summed E-state index contributed by atoms with van der Waals surface area (Å²) in [6, 6.07) is 0. The fourth-order valence-corrected chi connectivity index (χ4v) is 2.31. The minimum absolute atomic E-state index is 0.0376. The molecule has 0 radical (unpaired) electrons. The minimum Gasteiger partial charge on any atom is -0.458 e. The number of allylic oxidation sites excluding steroid dienone is 1. The molecule has 72 valence electrons. The zero-order chi connectivity index (χ0) is 9.31. The monoisotopic (exact) mass is 180 g/mol. The predicted octanol–water partition coefficient (Wildman–Crippen LogP) is 2.44. The van der Waals surface area contributed by atoms with Crippen LogP contribution in [0.15, 0.2) is 12.2 Å². The Morgan fingerprint density at radius 2 is 2.46 bits per heavy atom. The lowest BCUT2D eigenvalue weighted by Crippen LogP contribution is -2.41. The van der Waals surface area contributed by atoms with Crippen LogP contribution in [0.1, 0.15) is 39.0 Å². The van der Waals surface area contributed by atoms with E-state index in [0.717, 1.165) is 32.1 Å². The topological polar surface area (TPSA) is 26.3 Å². The Bertz CT molecular complexity index is 244. The van der Waals surface area contributed by atoms with Crippen LogP contribution in [0.25, 0.3) is 0 Å². The maximum absolute atomic E-state index is 11.7. The molecule has 2 heterocycles. The first-order valence-electron chi connectivity index (χ1n) is 5.14. The highest BCUT2D eigenvalue weighted by molar-refractivity contribution is 5.78. The summed E-state index contributed by atoms with van der Waals surface area (Å²) in [5.74, 6) is 0.0376. The van der Waals surface area contributed by atoms with Gasteiger partial charge in [-0.3, -0.25) is 4.79 Å². The maximum Gasteiger partial charge on any atom is 0.312 e. The van der Waals surface area contributed by atoms with Gasteiger partial charge in [0.05, 0.1) is 5.41 Å². The highest BCUT2D eigenvalue weighted by Gasteiger charge is 2.42. The molecule has 0 N–H and O–H groups in total. The van der Waals surface area contributed by atoms with Gasteiger partial charge in [-0.15, -0.1) is 0 Å². The number of fused-ring (bicyclic) bond motifs is 4. The molecule has 0 spiro atoms. The van der Waals surface area contributed by atoms with Crippen LogP contribution in [0.4, 0.5) is 0 Å². The van der Waals surface area contributed by atoms with Crippen molar-refractivity contribution >= 4 is 5.97 Å². The third-order valence-corrected chi connectivity index (χ3v) is 3.42. The van der Waals surface area contributed by atoms with Crippen molar-refractivity contribution in [2.75, 3.05) is 0 Å². The molecule has 13 heavy (non-hydrogen) atoms. The van der Waals surface area contributed by atoms with Crippen LogP contribution in [0, 0.1) is 5.41 Å². The second-order valence-corrected chi connectivity index (χ2v) is 4.08. The van der Waals surface area contributed by atoms with Gasteiger partial charge in [0.1, 0.15) is 6.10 Å². The van der Waals surface area contributed by atoms with Gasteiger partial charge in [0, 0.05) is 0 Å². The van der Waals surface area contributed by atoms with E-state index < -0.39 is 0 Å². The molecule has 1 aliphatic carbocycles. The summed E-state index contributed by atoms with van der Waals surface area (Å²) in [5.41, 5.74) is -0.152. The van der Waals surface area contributed by atoms with E-state index in [1.54, 1.807) is 0 Å². The molecule has 3 aliphatic rings. The summed E-state index contributed by atoms with van der Waals surface area (Å²) in [6.45, 7) is 2.09. The molecule has 2 bridgehead atoms. The van der Waals surface area contributed by atoms with Crippen LogP contribution in [0.2, 0.25) is 0 Å². The Morgan fingerprint density at radius 1 is 1.62 bits per heavy atom. The van der Waals surface area contributed by atoms with Crippen LogP contribution >= 0.6 is 0 Å². The second kappa shape index (κ2) is 3.17. The smallest absolute Gasteiger partial charge is 0.312 e. The predicted molar refractivity (Wildman–Crippen MR) is 50.2 cm³/mol. The molecule has 0 saturated carbocycles. The molecule has 0 aromatic carbocycles. The van der Waals surface area contributed by atoms with E-state index in [1.165, 1.54) is 0 Å². The molecule has 0 amide bonds. The summed E-state index contributed by atoms with van der Waals surface area (Å²) in [4.78, 5) is 11.7. The number of hydrogen-bond donors (Lipinski definition) is 0. The van der Waals surface area contributed by atoms with Crippen molar-refractivity contribution in [3.05, 3.63) is 12.2 Å². The van der Waals surface area contributed by atoms with Gasteiger partial charge in [0.25, 0.3) is 0 Å². The number of carbonyl (C=O) groups is 1. The first kappa shape index (κ1) is 8.79. The Kier molecular flexibility index (Phi) is 2.14. The number of hydrogen-bond acceptors (Lipinski definition) is 2. The number of carbonyl (C=O) groups excluding carboxylic acids is 1. The fourth-order valence-electron chi connectivity index (χ4n) is 2.31. The lowest BCUT2D eigenvalue weighted by molar-refractivity contribution is -0.168. The van der Waals surface area contributed by atoms with Gasteiger partial charge in [0.2, 0.25) is 0 Å². The molecule has 2 atom stereocenters. The number of esters is 1. The molecule has 2 nitrogen and oxygen atoms in total. The van der Waals surface area contributed by atoms with E-state index in [2.05, 4.69) is 13.0 Å². The summed E-state index contributed by atoms with van der Waals surface area (Å²) >= 11 is 0. The van der Waals surface area contributed by atoms with Crippen molar-refractivity contribution in [3.8, 4) is 0 Å². The highest BCUT2D eigenvalue weighted by atomic mass is 16.5. The SMILES string of the molecule is CC[C@@]12CCC=C[C@@H](CC1)OC2=O. The lowest BCUT2D eigenvalue weighted by Gasteiger charge is -2.38. The molecule has 2 heteroatoms. The van der Waals surface area contributed by atoms with Crippen LogP contribution in [0.5, 0.6) is 0 Å². The van der Waals surface area contributed by atoms with Crippen LogP contribution in [0.3, 0.4) is 0 Å². The van der Waals surface area contributed by atoms with Crippen LogP contribution in [-0.4, -0.2) is 12.1 Å². The number of rotatable bonds is 1. The molecule has 3 rings (SSSR count). The Labute approximate surface area is 79.0 Å². The zero-order valence-electron chi connectivity index (χ0n) is 8.08. The number of ether oxygens (including phenoxy) is 1. The van der Waals surface area contributed by atoms with E-state index in [9.17, 15) is 4.79 Å². The molecule has 1 saturated heterocycles. The van der Waals surface area contributed by atoms with E-state index in [-0.39, 0.29) is 17.5 Å². The third-order valence-electron chi connectivity index (χ3n) is 3.42. The van der Waals surface area contributed by atoms with Crippen molar-refractivity contribution in [3.63, 3.8) is 0 Å². The highest BCUT2D eigenvalue weighted by Crippen LogP contribution is 2.41. The van der Waals surface area contributed by atoms with Gasteiger partial charge in [-0.05, 0) is 38.2 Å². The van der Waals surface area contributed by atoms with Crippen molar-refractivity contribution in [2.24, 2.45) is 5.41 Å². The Hall–Kier alpha value is -0.790. The van der Waals surface area contributed by atoms with Crippen LogP contribution < -0.4 is 0 Å². The maximum atomic E-state index is 11.7. The third kappa shape index (κ3) is 1.38. The average molecular weight is 180 g/mol. The normalized spacial score (nSPS) is 38.2. The van der Waals surface area contributed by atoms with Gasteiger partial charge in [0.15, 0.2) is 0 Å². The van der Waals surface area contributed by atoms with Crippen LogP contribution in [-0.2, 0) is 9.53 Å². The van der Waals surface area contributed by atoms with Gasteiger partial charge >= 0.3 is 5.97 Å². The lowest BCUT2D eigenvalue weighted by atomic mass is 9.73. The molecule has 1 fully saturated rings. The minimum atomic E-state index is -0.152. The van der Waals surface area contributed by atoms with Gasteiger partial charge < -0.3 is 4.74 Å². The standard InChI is InChI=1S/C11H16O2/c1-2-11-7-4-3-5-9(6-8-11)13-10(11)12/h3,5,9H,2,4,6-8H2,1H3/t9-,11+/m0/s1. The van der Waals surface area contributed by atoms with Crippen molar-refractivity contribution in [1.29, 1.82) is 0 Å². The molecular formula is C11H16O2. The van der Waals surface area contributed by atoms with Crippen molar-refractivity contribution in [1.82, 2.24) is 0 Å². The zero-order valence-corrected chi connectivity index (χ0v) is 8.08. The van der Waals surface area contributed by atoms with Gasteiger partial charge in [-0.25, -0.2) is 0 Å². The molecule has 0 unspecified atom stereocenters. The van der Waals surface area contributed by atoms with E-state index in [1.807, 2.05) is 6.08 Å². The fraction of sp³-hybridized carbons (Fsp3) is 0.727. The second-order valence-electron chi connectivity index (χ2n) is 4.08. The average Bonchev–Trinajstić information content (AvgIpc) is 2.10. The van der Waals surface area contributed by atoms with Crippen molar-refractivity contribution in [2.45, 2.75) is 45.1 Å². The summed E-state index contributed by atoms with van der Waals surface area (Å²) in [5, 5.41) is 0. The Balaban J connectivity index is 2.27. The summed E-state index contributed by atoms with van der Waals surface area (Å²) in [7, 11) is 0. The summed E-state index contributed by atoms with van der Waals surface area (Å²) < 4.78 is 5.36. The van der Waals surface area contributed by atoms with E-state index in [0.29, 0.717) is 0 Å². The largest absolute Gasteiger partial charge is 0.458 e. The molecule has 0 aromatic rings. The first-order valence-corrected chi connectivity index (χ1v) is 5.14.